The SMILES string of the molecule is CN(C)CC1(c2ccc(C(F)(F)F)cc2)CCCCC1O. The first-order valence-corrected chi connectivity index (χ1v) is 7.26. The van der Waals surface area contributed by atoms with Crippen LogP contribution in [0.3, 0.4) is 0 Å². The molecule has 0 amide bonds. The van der Waals surface area contributed by atoms with Gasteiger partial charge in [-0.2, -0.15) is 13.2 Å². The number of benzene rings is 1. The van der Waals surface area contributed by atoms with E-state index in [2.05, 4.69) is 0 Å². The fourth-order valence-electron chi connectivity index (χ4n) is 3.39. The molecule has 2 unspecified atom stereocenters. The summed E-state index contributed by atoms with van der Waals surface area (Å²) in [4.78, 5) is 1.99. The second-order valence-corrected chi connectivity index (χ2v) is 6.23. The molecule has 21 heavy (non-hydrogen) atoms. The summed E-state index contributed by atoms with van der Waals surface area (Å²) >= 11 is 0. The molecule has 0 saturated heterocycles. The maximum atomic E-state index is 12.7. The topological polar surface area (TPSA) is 23.5 Å². The zero-order chi connectivity index (χ0) is 15.7. The van der Waals surface area contributed by atoms with Crippen LogP contribution < -0.4 is 0 Å². The highest BCUT2D eigenvalue weighted by Crippen LogP contribution is 2.41. The molecule has 0 aromatic heterocycles. The molecule has 1 saturated carbocycles. The first-order valence-electron chi connectivity index (χ1n) is 7.26. The average Bonchev–Trinajstić information content (AvgIpc) is 2.40. The van der Waals surface area contributed by atoms with Crippen LogP contribution in [0.25, 0.3) is 0 Å². The van der Waals surface area contributed by atoms with Gasteiger partial charge in [0, 0.05) is 12.0 Å². The molecule has 1 fully saturated rings. The molecule has 1 aliphatic rings. The molecule has 118 valence electrons. The number of nitrogens with zero attached hydrogens (tertiary/aromatic N) is 1. The van der Waals surface area contributed by atoms with Crippen LogP contribution in [0, 0.1) is 0 Å². The minimum absolute atomic E-state index is 0.466. The monoisotopic (exact) mass is 301 g/mol. The van der Waals surface area contributed by atoms with Crippen LogP contribution in [0.2, 0.25) is 0 Å². The zero-order valence-electron chi connectivity index (χ0n) is 12.5. The van der Waals surface area contributed by atoms with E-state index in [-0.39, 0.29) is 0 Å². The van der Waals surface area contributed by atoms with Gasteiger partial charge in [-0.1, -0.05) is 25.0 Å². The number of alkyl halides is 3. The summed E-state index contributed by atoms with van der Waals surface area (Å²) in [5.41, 5.74) is -0.306. The molecule has 1 N–H and O–H groups in total. The third-order valence-corrected chi connectivity index (χ3v) is 4.37. The van der Waals surface area contributed by atoms with Crippen LogP contribution in [-0.2, 0) is 11.6 Å². The predicted octanol–water partition coefficient (Wildman–Crippen LogP) is 3.44. The van der Waals surface area contributed by atoms with E-state index in [1.54, 1.807) is 0 Å². The van der Waals surface area contributed by atoms with E-state index in [0.717, 1.165) is 37.0 Å². The molecule has 0 radical (unpaired) electrons. The van der Waals surface area contributed by atoms with Crippen molar-refractivity contribution in [3.05, 3.63) is 35.4 Å². The van der Waals surface area contributed by atoms with Crippen LogP contribution in [0.5, 0.6) is 0 Å². The highest BCUT2D eigenvalue weighted by atomic mass is 19.4. The minimum Gasteiger partial charge on any atom is -0.392 e. The first kappa shape index (κ1) is 16.3. The normalized spacial score (nSPS) is 27.1. The second kappa shape index (κ2) is 5.97. The van der Waals surface area contributed by atoms with Crippen LogP contribution in [-0.4, -0.2) is 36.8 Å². The Bertz CT molecular complexity index is 469. The lowest BCUT2D eigenvalue weighted by Gasteiger charge is -2.44. The lowest BCUT2D eigenvalue weighted by Crippen LogP contribution is -2.49. The molecule has 0 heterocycles. The van der Waals surface area contributed by atoms with E-state index < -0.39 is 23.3 Å². The lowest BCUT2D eigenvalue weighted by atomic mass is 9.67. The van der Waals surface area contributed by atoms with Gasteiger partial charge in [-0.15, -0.1) is 0 Å². The molecule has 1 aromatic carbocycles. The Morgan fingerprint density at radius 2 is 1.81 bits per heavy atom. The van der Waals surface area contributed by atoms with Gasteiger partial charge in [0.25, 0.3) is 0 Å². The lowest BCUT2D eigenvalue weighted by molar-refractivity contribution is -0.137. The minimum atomic E-state index is -4.32. The summed E-state index contributed by atoms with van der Waals surface area (Å²) in [5, 5.41) is 10.5. The Morgan fingerprint density at radius 3 is 2.29 bits per heavy atom. The van der Waals surface area contributed by atoms with Crippen LogP contribution in [0.1, 0.15) is 36.8 Å². The van der Waals surface area contributed by atoms with Crippen molar-refractivity contribution in [2.45, 2.75) is 43.4 Å². The maximum absolute atomic E-state index is 12.7. The third kappa shape index (κ3) is 3.40. The van der Waals surface area contributed by atoms with Crippen molar-refractivity contribution in [1.82, 2.24) is 4.90 Å². The third-order valence-electron chi connectivity index (χ3n) is 4.37. The Kier molecular flexibility index (Phi) is 4.63. The Hall–Kier alpha value is -1.07. The van der Waals surface area contributed by atoms with Crippen molar-refractivity contribution in [3.8, 4) is 0 Å². The van der Waals surface area contributed by atoms with Crippen molar-refractivity contribution in [3.63, 3.8) is 0 Å². The van der Waals surface area contributed by atoms with Gasteiger partial charge in [-0.3, -0.25) is 0 Å². The van der Waals surface area contributed by atoms with Gasteiger partial charge in [-0.05, 0) is 44.6 Å². The summed E-state index contributed by atoms with van der Waals surface area (Å²) in [6.07, 6.45) is -1.36. The molecule has 0 bridgehead atoms. The fourth-order valence-corrected chi connectivity index (χ4v) is 3.39. The molecule has 2 nitrogen and oxygen atoms in total. The quantitative estimate of drug-likeness (QED) is 0.924. The summed E-state index contributed by atoms with van der Waals surface area (Å²) in [7, 11) is 3.85. The number of likely N-dealkylation sites (N-methyl/N-ethyl adjacent to an activating group) is 1. The number of hydrogen-bond acceptors (Lipinski definition) is 2. The van der Waals surface area contributed by atoms with Gasteiger partial charge in [0.05, 0.1) is 11.7 Å². The maximum Gasteiger partial charge on any atom is 0.416 e. The van der Waals surface area contributed by atoms with Crippen molar-refractivity contribution in [1.29, 1.82) is 0 Å². The van der Waals surface area contributed by atoms with Crippen LogP contribution in [0.4, 0.5) is 13.2 Å². The summed E-state index contributed by atoms with van der Waals surface area (Å²) in [6, 6.07) is 5.30. The number of halogens is 3. The predicted molar refractivity (Wildman–Crippen MR) is 76.2 cm³/mol. The van der Waals surface area contributed by atoms with E-state index in [1.165, 1.54) is 12.1 Å². The van der Waals surface area contributed by atoms with Crippen molar-refractivity contribution in [2.75, 3.05) is 20.6 Å². The summed E-state index contributed by atoms with van der Waals surface area (Å²) < 4.78 is 38.1. The molecular weight excluding hydrogens is 279 g/mol. The molecule has 0 spiro atoms. The number of aliphatic hydroxyl groups is 1. The Morgan fingerprint density at radius 1 is 1.19 bits per heavy atom. The smallest absolute Gasteiger partial charge is 0.392 e. The summed E-state index contributed by atoms with van der Waals surface area (Å²) in [5.74, 6) is 0. The Balaban J connectivity index is 2.37. The summed E-state index contributed by atoms with van der Waals surface area (Å²) in [6.45, 7) is 0.638. The second-order valence-electron chi connectivity index (χ2n) is 6.23. The van der Waals surface area contributed by atoms with Crippen LogP contribution >= 0.6 is 0 Å². The van der Waals surface area contributed by atoms with Gasteiger partial charge >= 0.3 is 6.18 Å². The van der Waals surface area contributed by atoms with Crippen molar-refractivity contribution in [2.24, 2.45) is 0 Å². The van der Waals surface area contributed by atoms with Gasteiger partial charge in [0.1, 0.15) is 0 Å². The molecule has 2 atom stereocenters. The number of aliphatic hydroxyl groups excluding tert-OH is 1. The highest BCUT2D eigenvalue weighted by molar-refractivity contribution is 5.33. The number of rotatable bonds is 3. The first-order chi connectivity index (χ1) is 9.75. The standard InChI is InChI=1S/C16H22F3NO/c1-20(2)11-15(10-4-3-5-14(15)21)12-6-8-13(9-7-12)16(17,18)19/h6-9,14,21H,3-5,10-11H2,1-2H3. The molecule has 0 aliphatic heterocycles. The highest BCUT2D eigenvalue weighted by Gasteiger charge is 2.42. The molecular formula is C16H22F3NO. The van der Waals surface area contributed by atoms with Gasteiger partial charge in [0.15, 0.2) is 0 Å². The van der Waals surface area contributed by atoms with E-state index in [1.807, 2.05) is 19.0 Å². The average molecular weight is 301 g/mol. The van der Waals surface area contributed by atoms with E-state index in [4.69, 9.17) is 0 Å². The van der Waals surface area contributed by atoms with Crippen LogP contribution in [0.15, 0.2) is 24.3 Å². The Labute approximate surface area is 123 Å². The van der Waals surface area contributed by atoms with Gasteiger partial charge in [-0.25, -0.2) is 0 Å². The molecule has 1 aromatic rings. The van der Waals surface area contributed by atoms with E-state index in [9.17, 15) is 18.3 Å². The van der Waals surface area contributed by atoms with Gasteiger partial charge in [0.2, 0.25) is 0 Å². The van der Waals surface area contributed by atoms with Crippen molar-refractivity contribution >= 4 is 0 Å². The van der Waals surface area contributed by atoms with Gasteiger partial charge < -0.3 is 10.0 Å². The largest absolute Gasteiger partial charge is 0.416 e. The van der Waals surface area contributed by atoms with E-state index >= 15 is 0 Å². The molecule has 5 heteroatoms. The fraction of sp³-hybridized carbons (Fsp3) is 0.625. The van der Waals surface area contributed by atoms with Crippen molar-refractivity contribution < 1.29 is 18.3 Å². The molecule has 2 rings (SSSR count). The zero-order valence-corrected chi connectivity index (χ0v) is 12.5. The number of hydrogen-bond donors (Lipinski definition) is 1. The molecule has 1 aliphatic carbocycles. The van der Waals surface area contributed by atoms with E-state index in [0.29, 0.717) is 13.0 Å².